The zero-order valence-corrected chi connectivity index (χ0v) is 32.2. The van der Waals surface area contributed by atoms with Crippen LogP contribution in [-0.2, 0) is 4.74 Å². The fraction of sp³-hybridized carbons (Fsp3) is 0.826. The number of aliphatic hydroxyl groups is 1. The first kappa shape index (κ1) is 33.1. The summed E-state index contributed by atoms with van der Waals surface area (Å²) >= 11 is 0. The molecule has 5 nitrogen and oxygen atoms in total. The van der Waals surface area contributed by atoms with Gasteiger partial charge >= 0.3 is 0 Å². The lowest BCUT2D eigenvalue weighted by Gasteiger charge is -2.74. The second-order valence-corrected chi connectivity index (χ2v) is 20.6. The number of nitrogens with one attached hydrogen (secondary N) is 2. The molecule has 278 valence electrons. The van der Waals surface area contributed by atoms with Crippen LogP contribution in [0.25, 0.3) is 0 Å². The van der Waals surface area contributed by atoms with Gasteiger partial charge in [-0.25, -0.2) is 0 Å². The topological polar surface area (TPSA) is 56.5 Å². The summed E-state index contributed by atoms with van der Waals surface area (Å²) in [5, 5.41) is 17.2. The molecule has 4 heterocycles. The van der Waals surface area contributed by atoms with Crippen LogP contribution in [0.3, 0.4) is 0 Å². The number of hydrogen-bond acceptors (Lipinski definition) is 5. The lowest BCUT2D eigenvalue weighted by Crippen LogP contribution is -2.74. The van der Waals surface area contributed by atoms with Crippen LogP contribution in [0, 0.1) is 50.7 Å². The molecule has 12 aliphatic rings. The van der Waals surface area contributed by atoms with Gasteiger partial charge in [0.05, 0.1) is 5.54 Å². The SMILES string of the molecule is CC1=C2C[C@]34[C@]5(CCC[C@@H]5CCOCC[C@H]5CC[C@H]6NCN[C@H]6C5)C[C@@H](C)[C@@]2(CC1)[C@@]3(C)CC=C1C=C[C@@]23C=C[C@]14N1C[C@]12CC[C@H]3CCCO. The van der Waals surface area contributed by atoms with Crippen LogP contribution in [0.4, 0.5) is 0 Å². The summed E-state index contributed by atoms with van der Waals surface area (Å²) in [4.78, 5) is 3.18. The molecule has 1 unspecified atom stereocenters. The smallest absolute Gasteiger partial charge is 0.0719 e. The van der Waals surface area contributed by atoms with Crippen molar-refractivity contribution in [1.82, 2.24) is 15.5 Å². The lowest BCUT2D eigenvalue weighted by atomic mass is 9.31. The molecule has 0 aromatic rings. The largest absolute Gasteiger partial charge is 0.396 e. The van der Waals surface area contributed by atoms with Crippen molar-refractivity contribution in [2.24, 2.45) is 50.7 Å². The summed E-state index contributed by atoms with van der Waals surface area (Å²) in [5.74, 6) is 2.97. The normalized spacial score (nSPS) is 55.0. The zero-order chi connectivity index (χ0) is 34.5. The molecule has 0 radical (unpaired) electrons. The van der Waals surface area contributed by atoms with Crippen molar-refractivity contribution in [2.75, 3.05) is 33.0 Å². The molecule has 7 fully saturated rings. The second-order valence-electron chi connectivity index (χ2n) is 20.6. The number of nitrogens with zero attached hydrogens (tertiary/aromatic N) is 1. The molecular formula is C46H67N3O2. The predicted molar refractivity (Wildman–Crippen MR) is 204 cm³/mol. The van der Waals surface area contributed by atoms with Crippen molar-refractivity contribution in [3.05, 3.63) is 47.1 Å². The maximum absolute atomic E-state index is 9.89. The third-order valence-electron chi connectivity index (χ3n) is 19.9. The molecule has 2 saturated heterocycles. The quantitative estimate of drug-likeness (QED) is 0.129. The van der Waals surface area contributed by atoms with E-state index in [1.54, 1.807) is 11.1 Å². The van der Waals surface area contributed by atoms with Crippen LogP contribution in [-0.4, -0.2) is 66.2 Å². The fourth-order valence-corrected chi connectivity index (χ4v) is 18.1. The number of fused-ring (bicyclic) bond motifs is 1. The van der Waals surface area contributed by atoms with Crippen molar-refractivity contribution in [1.29, 1.82) is 0 Å². The lowest BCUT2D eigenvalue weighted by molar-refractivity contribution is -0.233. The van der Waals surface area contributed by atoms with E-state index in [1.807, 2.05) is 5.57 Å². The van der Waals surface area contributed by atoms with E-state index < -0.39 is 0 Å². The molecule has 4 bridgehead atoms. The Morgan fingerprint density at radius 2 is 1.84 bits per heavy atom. The van der Waals surface area contributed by atoms with Crippen LogP contribution < -0.4 is 10.6 Å². The van der Waals surface area contributed by atoms with Gasteiger partial charge in [0.25, 0.3) is 0 Å². The molecule has 0 amide bonds. The van der Waals surface area contributed by atoms with E-state index in [4.69, 9.17) is 4.74 Å². The summed E-state index contributed by atoms with van der Waals surface area (Å²) in [6.07, 6.45) is 36.2. The first-order valence-electron chi connectivity index (χ1n) is 22.0. The first-order valence-corrected chi connectivity index (χ1v) is 22.0. The third kappa shape index (κ3) is 3.61. The van der Waals surface area contributed by atoms with Gasteiger partial charge in [-0.15, -0.1) is 0 Å². The minimum absolute atomic E-state index is 0.00144. The van der Waals surface area contributed by atoms with Gasteiger partial charge < -0.3 is 20.5 Å². The highest BCUT2D eigenvalue weighted by Gasteiger charge is 2.89. The van der Waals surface area contributed by atoms with E-state index in [0.29, 0.717) is 35.4 Å². The van der Waals surface area contributed by atoms with Gasteiger partial charge in [-0.2, -0.15) is 0 Å². The van der Waals surface area contributed by atoms with Gasteiger partial charge in [0.1, 0.15) is 0 Å². The maximum atomic E-state index is 9.89. The molecule has 51 heavy (non-hydrogen) atoms. The zero-order valence-electron chi connectivity index (χ0n) is 32.2. The van der Waals surface area contributed by atoms with Crippen LogP contribution in [0.1, 0.15) is 130 Å². The average molecular weight is 694 g/mol. The van der Waals surface area contributed by atoms with Crippen LogP contribution in [0.5, 0.6) is 0 Å². The Labute approximate surface area is 308 Å². The van der Waals surface area contributed by atoms with E-state index in [-0.39, 0.29) is 27.3 Å². The first-order chi connectivity index (χ1) is 24.8. The molecular weight excluding hydrogens is 627 g/mol. The Kier molecular flexibility index (Phi) is 7.12. The highest BCUT2D eigenvalue weighted by atomic mass is 16.5. The summed E-state index contributed by atoms with van der Waals surface area (Å²) < 4.78 is 6.70. The number of hydrogen-bond donors (Lipinski definition) is 3. The Bertz CT molecular complexity index is 1610. The molecule has 5 saturated carbocycles. The number of allylic oxidation sites excluding steroid dienone is 3. The standard InChI is InChI=1S/C46H67N3O2/c1-31-10-20-44-32(2)27-42(16-4-6-35(42)15-25-51-24-14-33-8-9-38-39(26-33)48-30-47-38)46(28-37(31)44)40(44,3)17-11-36-12-18-41-21-22-45(36,46)49-29-43(41,49)19-13-34(41)7-5-23-50/h11-12,18,21-22,32-35,38-39,47-48,50H,4-10,13-17,19-20,23-30H2,1-3H3/t32-,33-,34-,35-,38-,39+,40-,41+,42-,43+,44-,45+,46-,49?/m1/s1. The third-order valence-corrected chi connectivity index (χ3v) is 19.9. The van der Waals surface area contributed by atoms with Gasteiger partial charge in [-0.3, -0.25) is 4.90 Å². The van der Waals surface area contributed by atoms with Gasteiger partial charge in [0.2, 0.25) is 0 Å². The van der Waals surface area contributed by atoms with Crippen molar-refractivity contribution < 1.29 is 9.84 Å². The number of ether oxygens (including phenoxy) is 1. The van der Waals surface area contributed by atoms with Gasteiger partial charge in [-0.05, 0) is 150 Å². The maximum Gasteiger partial charge on any atom is 0.0719 e. The molecule has 5 spiro atoms. The fourth-order valence-electron chi connectivity index (χ4n) is 18.1. The molecule has 8 aliphatic carbocycles. The van der Waals surface area contributed by atoms with Crippen molar-refractivity contribution >= 4 is 0 Å². The molecule has 0 aromatic heterocycles. The van der Waals surface area contributed by atoms with Gasteiger partial charge in [0, 0.05) is 66.9 Å². The van der Waals surface area contributed by atoms with E-state index >= 15 is 0 Å². The average Bonchev–Trinajstić information content (AvgIpc) is 3.37. The Balaban J connectivity index is 0.965. The van der Waals surface area contributed by atoms with E-state index in [2.05, 4.69) is 66.7 Å². The molecule has 5 heteroatoms. The minimum atomic E-state index is -0.00144. The highest BCUT2D eigenvalue weighted by molar-refractivity contribution is 5.63. The molecule has 12 rings (SSSR count). The van der Waals surface area contributed by atoms with Gasteiger partial charge in [-0.1, -0.05) is 61.8 Å². The summed E-state index contributed by atoms with van der Waals surface area (Å²) in [6, 6.07) is 1.38. The minimum Gasteiger partial charge on any atom is -0.396 e. The summed E-state index contributed by atoms with van der Waals surface area (Å²) in [5.41, 5.74) is 6.97. The Morgan fingerprint density at radius 1 is 0.961 bits per heavy atom. The molecule has 14 atom stereocenters. The van der Waals surface area contributed by atoms with Crippen molar-refractivity contribution in [3.8, 4) is 0 Å². The van der Waals surface area contributed by atoms with Crippen LogP contribution in [0.15, 0.2) is 47.1 Å². The second kappa shape index (κ2) is 11.0. The van der Waals surface area contributed by atoms with Gasteiger partial charge in [0.15, 0.2) is 0 Å². The van der Waals surface area contributed by atoms with Crippen molar-refractivity contribution in [3.63, 3.8) is 0 Å². The van der Waals surface area contributed by atoms with Crippen LogP contribution in [0.2, 0.25) is 0 Å². The monoisotopic (exact) mass is 694 g/mol. The highest BCUT2D eigenvalue weighted by Crippen LogP contribution is 2.91. The van der Waals surface area contributed by atoms with E-state index in [9.17, 15) is 5.11 Å². The summed E-state index contributed by atoms with van der Waals surface area (Å²) in [6.45, 7) is 12.6. The number of aliphatic hydroxyl groups excluding tert-OH is 1. The molecule has 4 aliphatic heterocycles. The van der Waals surface area contributed by atoms with E-state index in [0.717, 1.165) is 50.5 Å². The van der Waals surface area contributed by atoms with Crippen LogP contribution >= 0.6 is 0 Å². The Hall–Kier alpha value is -1.24. The van der Waals surface area contributed by atoms with Crippen molar-refractivity contribution in [2.45, 2.75) is 153 Å². The molecule has 0 aromatic carbocycles. The number of rotatable bonds is 9. The predicted octanol–water partition coefficient (Wildman–Crippen LogP) is 8.22. The van der Waals surface area contributed by atoms with E-state index in [1.165, 1.54) is 103 Å². The Morgan fingerprint density at radius 3 is 2.75 bits per heavy atom. The summed E-state index contributed by atoms with van der Waals surface area (Å²) in [7, 11) is 0. The molecule has 3 N–H and O–H groups in total.